The summed E-state index contributed by atoms with van der Waals surface area (Å²) in [7, 11) is 0. The van der Waals surface area contributed by atoms with Gasteiger partial charge in [-0.3, -0.25) is 4.98 Å². The average Bonchev–Trinajstić information content (AvgIpc) is 3.49. The third-order valence-electron chi connectivity index (χ3n) is 6.95. The van der Waals surface area contributed by atoms with Gasteiger partial charge < -0.3 is 10.6 Å². The molecule has 0 spiro atoms. The fourth-order valence-corrected chi connectivity index (χ4v) is 5.84. The maximum absolute atomic E-state index is 14.0. The number of aromatic nitrogens is 5. The predicted octanol–water partition coefficient (Wildman–Crippen LogP) is 6.97. The molecule has 0 saturated heterocycles. The van der Waals surface area contributed by atoms with Crippen molar-refractivity contribution in [1.29, 1.82) is 5.26 Å². The second-order valence-corrected chi connectivity index (χ2v) is 12.9. The van der Waals surface area contributed by atoms with E-state index >= 15 is 0 Å². The van der Waals surface area contributed by atoms with Crippen molar-refractivity contribution in [2.45, 2.75) is 59.0 Å². The molecule has 1 atom stereocenters. The number of hydrogen-bond acceptors (Lipinski definition) is 7. The van der Waals surface area contributed by atoms with Crippen LogP contribution in [0, 0.1) is 33.3 Å². The third kappa shape index (κ3) is 5.52. The summed E-state index contributed by atoms with van der Waals surface area (Å²) in [5, 5.41) is 27.0. The van der Waals surface area contributed by atoms with Crippen LogP contribution in [0.2, 0.25) is 5.02 Å². The fraction of sp³-hybridized carbons (Fsp3) is 0.393. The first-order chi connectivity index (χ1) is 18.4. The minimum atomic E-state index is -0.544. The van der Waals surface area contributed by atoms with Crippen LogP contribution >= 0.6 is 34.2 Å². The molecule has 39 heavy (non-hydrogen) atoms. The Balaban J connectivity index is 1.63. The lowest BCUT2D eigenvalue weighted by atomic mass is 9.96. The van der Waals surface area contributed by atoms with Crippen molar-refractivity contribution >= 4 is 56.5 Å². The van der Waals surface area contributed by atoms with E-state index in [9.17, 15) is 9.65 Å². The Morgan fingerprint density at radius 2 is 2.03 bits per heavy atom. The molecule has 3 aromatic heterocycles. The van der Waals surface area contributed by atoms with Gasteiger partial charge in [-0.15, -0.1) is 5.10 Å². The van der Waals surface area contributed by atoms with Gasteiger partial charge in [-0.1, -0.05) is 43.7 Å². The molecule has 1 saturated carbocycles. The number of benzene rings is 1. The Hall–Kier alpha value is -3.04. The van der Waals surface area contributed by atoms with Gasteiger partial charge in [0.15, 0.2) is 0 Å². The molecule has 5 rings (SSSR count). The highest BCUT2D eigenvalue weighted by Crippen LogP contribution is 2.44. The molecule has 0 radical (unpaired) electrons. The molecular formula is C28H29ClFIN8. The second kappa shape index (κ2) is 10.2. The van der Waals surface area contributed by atoms with Gasteiger partial charge in [-0.25, -0.2) is 9.67 Å². The van der Waals surface area contributed by atoms with Gasteiger partial charge in [0.2, 0.25) is 5.95 Å². The van der Waals surface area contributed by atoms with Crippen LogP contribution in [0.5, 0.6) is 0 Å². The summed E-state index contributed by atoms with van der Waals surface area (Å²) in [4.78, 5) is 8.53. The van der Waals surface area contributed by atoms with Crippen molar-refractivity contribution in [2.24, 2.45) is 5.41 Å². The third-order valence-corrected chi connectivity index (χ3v) is 8.25. The number of nitriles is 1. The largest absolute Gasteiger partial charge is 0.383 e. The van der Waals surface area contributed by atoms with Gasteiger partial charge in [0.05, 0.1) is 27.3 Å². The Morgan fingerprint density at radius 1 is 1.28 bits per heavy atom. The van der Waals surface area contributed by atoms with E-state index in [1.807, 2.05) is 10.7 Å². The highest BCUT2D eigenvalue weighted by atomic mass is 127. The van der Waals surface area contributed by atoms with Gasteiger partial charge in [-0.05, 0) is 72.9 Å². The highest BCUT2D eigenvalue weighted by molar-refractivity contribution is 14.1. The first kappa shape index (κ1) is 27.5. The zero-order valence-electron chi connectivity index (χ0n) is 22.4. The predicted molar refractivity (Wildman–Crippen MR) is 159 cm³/mol. The number of hydrogen-bond donors (Lipinski definition) is 2. The lowest BCUT2D eigenvalue weighted by molar-refractivity contribution is 0.443. The number of halogens is 3. The first-order valence-corrected chi connectivity index (χ1v) is 14.1. The van der Waals surface area contributed by atoms with Crippen LogP contribution in [0.1, 0.15) is 69.1 Å². The summed E-state index contributed by atoms with van der Waals surface area (Å²) in [5.41, 5.74) is 4.38. The Bertz CT molecular complexity index is 1620. The van der Waals surface area contributed by atoms with E-state index < -0.39 is 12.0 Å². The van der Waals surface area contributed by atoms with E-state index in [2.05, 4.69) is 87.3 Å². The molecule has 1 aliphatic rings. The van der Waals surface area contributed by atoms with Gasteiger partial charge in [0.25, 0.3) is 0 Å². The number of nitrogens with one attached hydrogen (secondary N) is 2. The molecule has 1 fully saturated rings. The smallest absolute Gasteiger partial charge is 0.213 e. The monoisotopic (exact) mass is 658 g/mol. The number of pyridine rings is 2. The van der Waals surface area contributed by atoms with Gasteiger partial charge in [0, 0.05) is 35.1 Å². The molecule has 1 aliphatic carbocycles. The van der Waals surface area contributed by atoms with Gasteiger partial charge in [0.1, 0.15) is 21.5 Å². The molecule has 1 aromatic carbocycles. The van der Waals surface area contributed by atoms with Crippen molar-refractivity contribution < 1.29 is 4.39 Å². The summed E-state index contributed by atoms with van der Waals surface area (Å²) < 4.78 is 16.8. The fourth-order valence-electron chi connectivity index (χ4n) is 4.47. The molecule has 0 amide bonds. The Morgan fingerprint density at radius 3 is 2.67 bits per heavy atom. The zero-order chi connectivity index (χ0) is 28.1. The lowest BCUT2D eigenvalue weighted by Crippen LogP contribution is -2.20. The molecule has 11 heteroatoms. The van der Waals surface area contributed by atoms with Crippen LogP contribution in [0.3, 0.4) is 0 Å². The van der Waals surface area contributed by atoms with Crippen LogP contribution < -0.4 is 10.6 Å². The van der Waals surface area contributed by atoms with E-state index in [1.165, 1.54) is 6.07 Å². The average molecular weight is 659 g/mol. The van der Waals surface area contributed by atoms with Crippen LogP contribution in [-0.4, -0.2) is 31.5 Å². The Labute approximate surface area is 245 Å². The van der Waals surface area contributed by atoms with Crippen LogP contribution in [0.15, 0.2) is 30.5 Å². The van der Waals surface area contributed by atoms with Gasteiger partial charge in [-0.2, -0.15) is 9.65 Å². The van der Waals surface area contributed by atoms with E-state index in [1.54, 1.807) is 25.3 Å². The number of rotatable bonds is 7. The van der Waals surface area contributed by atoms with E-state index in [-0.39, 0.29) is 11.0 Å². The molecular weight excluding hydrogens is 630 g/mol. The van der Waals surface area contributed by atoms with Crippen molar-refractivity contribution in [3.05, 3.63) is 67.6 Å². The second-order valence-electron chi connectivity index (χ2n) is 11.5. The van der Waals surface area contributed by atoms with Crippen LogP contribution in [0.4, 0.5) is 15.8 Å². The van der Waals surface area contributed by atoms with E-state index in [0.29, 0.717) is 45.4 Å². The molecule has 0 bridgehead atoms. The Kier molecular flexibility index (Phi) is 7.18. The van der Waals surface area contributed by atoms with Gasteiger partial charge >= 0.3 is 0 Å². The lowest BCUT2D eigenvalue weighted by Gasteiger charge is -2.23. The van der Waals surface area contributed by atoms with Crippen LogP contribution in [0.25, 0.3) is 10.9 Å². The zero-order valence-corrected chi connectivity index (χ0v) is 25.3. The minimum absolute atomic E-state index is 0.0130. The molecule has 2 N–H and O–H groups in total. The number of fused-ring (bicyclic) bond motifs is 1. The summed E-state index contributed by atoms with van der Waals surface area (Å²) in [5.74, 6) is -0.544. The van der Waals surface area contributed by atoms with Crippen molar-refractivity contribution in [3.63, 3.8) is 0 Å². The molecule has 8 nitrogen and oxygen atoms in total. The standard InChI is InChI=1S/C28H29ClFIN8/c1-15-18(6-7-21(30)35-15)24(25-26(31)39(38-37-25)28(5)8-9-28)36-17-10-19-22(34-14-27(2,3)4)16(12-32)13-33-23(19)20(29)11-17/h6-7,10-11,13,24,36H,8-9,14H2,1-5H3,(H,33,34). The SMILES string of the molecule is Cc1nc(F)ccc1C(Nc1cc(Cl)c2ncc(C#N)c(NCC(C)(C)C)c2c1)c1nnn(C2(C)CC2)c1I. The number of anilines is 2. The van der Waals surface area contributed by atoms with Crippen molar-refractivity contribution in [2.75, 3.05) is 17.2 Å². The normalized spacial score (nSPS) is 15.2. The molecule has 3 heterocycles. The maximum Gasteiger partial charge on any atom is 0.213 e. The first-order valence-electron chi connectivity index (χ1n) is 12.7. The minimum Gasteiger partial charge on any atom is -0.383 e. The molecule has 1 unspecified atom stereocenters. The molecule has 202 valence electrons. The van der Waals surface area contributed by atoms with Crippen molar-refractivity contribution in [3.8, 4) is 6.07 Å². The highest BCUT2D eigenvalue weighted by Gasteiger charge is 2.43. The van der Waals surface area contributed by atoms with Crippen LogP contribution in [-0.2, 0) is 5.54 Å². The van der Waals surface area contributed by atoms with E-state index in [0.717, 1.165) is 27.5 Å². The molecule has 0 aliphatic heterocycles. The summed E-state index contributed by atoms with van der Waals surface area (Å²) >= 11 is 9.02. The topological polar surface area (TPSA) is 104 Å². The van der Waals surface area contributed by atoms with E-state index in [4.69, 9.17) is 11.6 Å². The summed E-state index contributed by atoms with van der Waals surface area (Å²) in [6.45, 7) is 11.0. The summed E-state index contributed by atoms with van der Waals surface area (Å²) in [6, 6.07) is 8.56. The number of nitrogens with zero attached hydrogens (tertiary/aromatic N) is 6. The number of aryl methyl sites for hydroxylation is 1. The molecule has 4 aromatic rings. The van der Waals surface area contributed by atoms with Crippen molar-refractivity contribution in [1.82, 2.24) is 25.0 Å². The summed E-state index contributed by atoms with van der Waals surface area (Å²) in [6.07, 6.45) is 3.63. The maximum atomic E-state index is 14.0. The quantitative estimate of drug-likeness (QED) is 0.163.